The average molecular weight is 560 g/mol. The largest absolute Gasteiger partial charge is 0.314 e. The van der Waals surface area contributed by atoms with E-state index in [-0.39, 0.29) is 0 Å². The highest BCUT2D eigenvalue weighted by atomic mass is 32.1. The van der Waals surface area contributed by atoms with Crippen LogP contribution in [-0.2, 0) is 16.1 Å². The second-order valence-corrected chi connectivity index (χ2v) is 11.6. The van der Waals surface area contributed by atoms with Crippen molar-refractivity contribution in [1.29, 1.82) is 0 Å². The Morgan fingerprint density at radius 3 is 2.29 bits per heavy atom. The van der Waals surface area contributed by atoms with Gasteiger partial charge in [-0.2, -0.15) is 5.10 Å². The van der Waals surface area contributed by atoms with E-state index in [9.17, 15) is 9.59 Å². The molecular formula is C33H29N5O2S. The minimum atomic E-state index is -0.411. The Balaban J connectivity index is 1.42. The monoisotopic (exact) mass is 559 g/mol. The van der Waals surface area contributed by atoms with Crippen LogP contribution < -0.4 is 5.32 Å². The van der Waals surface area contributed by atoms with E-state index in [1.807, 2.05) is 65.5 Å². The molecule has 1 N–H and O–H groups in total. The van der Waals surface area contributed by atoms with Crippen LogP contribution in [0.25, 0.3) is 48.7 Å². The molecule has 204 valence electrons. The molecule has 0 radical (unpaired) electrons. The number of nitrogens with zero attached hydrogens (tertiary/aromatic N) is 4. The van der Waals surface area contributed by atoms with Crippen molar-refractivity contribution in [3.63, 3.8) is 0 Å². The maximum atomic E-state index is 13.5. The molecule has 0 saturated carbocycles. The second-order valence-electron chi connectivity index (χ2n) is 10.7. The molecule has 2 amide bonds. The van der Waals surface area contributed by atoms with Gasteiger partial charge in [-0.25, -0.2) is 0 Å². The zero-order valence-electron chi connectivity index (χ0n) is 22.9. The lowest BCUT2D eigenvalue weighted by atomic mass is 9.97. The van der Waals surface area contributed by atoms with Crippen molar-refractivity contribution in [3.05, 3.63) is 95.6 Å². The summed E-state index contributed by atoms with van der Waals surface area (Å²) in [7, 11) is 4.14. The van der Waals surface area contributed by atoms with Crippen molar-refractivity contribution in [2.45, 2.75) is 19.4 Å². The Bertz CT molecular complexity index is 2010. The summed E-state index contributed by atoms with van der Waals surface area (Å²) >= 11 is 1.69. The zero-order chi connectivity index (χ0) is 28.1. The fourth-order valence-electron chi connectivity index (χ4n) is 5.84. The maximum Gasteiger partial charge on any atom is 0.261 e. The molecular weight excluding hydrogens is 530 g/mol. The number of carbonyl (C=O) groups excluding carboxylic acids is 2. The van der Waals surface area contributed by atoms with Crippen LogP contribution in [0.2, 0.25) is 0 Å². The lowest BCUT2D eigenvalue weighted by molar-refractivity contribution is -0.122. The highest BCUT2D eigenvalue weighted by Crippen LogP contribution is 2.40. The van der Waals surface area contributed by atoms with Crippen molar-refractivity contribution >= 4 is 66.2 Å². The standard InChI is InChI=1S/C33H29N5O2S/c1-36(2)17-9-10-18-38-26-15-7-4-13-23(26)31(35-38)30-29(32(39)34-33(30)40)24-19-37(25-14-6-3-11-21(24)25)27-20-41-28-16-8-5-12-22(27)28/h3-8,11-16,19-20H,9-10,17-18H2,1-2H3,(H,34,39,40). The van der Waals surface area contributed by atoms with E-state index in [1.54, 1.807) is 11.3 Å². The number of para-hydroxylation sites is 2. The first-order valence-corrected chi connectivity index (χ1v) is 14.7. The average Bonchev–Trinajstić information content (AvgIpc) is 3.73. The molecule has 4 heterocycles. The number of benzene rings is 3. The topological polar surface area (TPSA) is 72.2 Å². The van der Waals surface area contributed by atoms with E-state index in [1.165, 1.54) is 4.70 Å². The van der Waals surface area contributed by atoms with Crippen LogP contribution in [0.3, 0.4) is 0 Å². The highest BCUT2D eigenvalue weighted by molar-refractivity contribution is 7.17. The number of unbranched alkanes of at least 4 members (excludes halogenated alkanes) is 1. The SMILES string of the molecule is CN(C)CCCCn1nc(C2=C(c3cn(-c4csc5ccccc45)c4ccccc34)C(=O)NC2=O)c2ccccc21. The minimum absolute atomic E-state index is 0.330. The van der Waals surface area contributed by atoms with Gasteiger partial charge in [0, 0.05) is 44.5 Å². The quantitative estimate of drug-likeness (QED) is 0.181. The predicted molar refractivity (Wildman–Crippen MR) is 166 cm³/mol. The van der Waals surface area contributed by atoms with E-state index in [0.717, 1.165) is 64.4 Å². The van der Waals surface area contributed by atoms with Gasteiger partial charge in [0.05, 0.1) is 27.9 Å². The Hall–Kier alpha value is -4.53. The molecule has 41 heavy (non-hydrogen) atoms. The minimum Gasteiger partial charge on any atom is -0.314 e. The Morgan fingerprint density at radius 2 is 1.49 bits per heavy atom. The summed E-state index contributed by atoms with van der Waals surface area (Å²) in [5, 5.41) is 12.6. The first-order valence-electron chi connectivity index (χ1n) is 13.8. The van der Waals surface area contributed by atoms with Crippen LogP contribution in [0, 0.1) is 0 Å². The van der Waals surface area contributed by atoms with Gasteiger partial charge in [-0.05, 0) is 51.7 Å². The third-order valence-electron chi connectivity index (χ3n) is 7.75. The molecule has 1 aliphatic heterocycles. The van der Waals surface area contributed by atoms with Gasteiger partial charge in [0.1, 0.15) is 5.69 Å². The number of rotatable bonds is 8. The number of carbonyl (C=O) groups is 2. The molecule has 0 bridgehead atoms. The zero-order valence-corrected chi connectivity index (χ0v) is 23.7. The Kier molecular flexibility index (Phi) is 6.29. The molecule has 6 aromatic rings. The number of imide groups is 1. The Labute approximate surface area is 241 Å². The Morgan fingerprint density at radius 1 is 0.805 bits per heavy atom. The van der Waals surface area contributed by atoms with E-state index < -0.39 is 11.8 Å². The summed E-state index contributed by atoms with van der Waals surface area (Å²) < 4.78 is 5.30. The van der Waals surface area contributed by atoms with E-state index >= 15 is 0 Å². The first kappa shape index (κ1) is 25.4. The highest BCUT2D eigenvalue weighted by Gasteiger charge is 2.36. The number of fused-ring (bicyclic) bond motifs is 3. The fourth-order valence-corrected chi connectivity index (χ4v) is 6.77. The molecule has 7 rings (SSSR count). The summed E-state index contributed by atoms with van der Waals surface area (Å²) in [4.78, 5) is 29.1. The van der Waals surface area contributed by atoms with E-state index in [4.69, 9.17) is 5.10 Å². The number of thiophene rings is 1. The van der Waals surface area contributed by atoms with Gasteiger partial charge in [0.25, 0.3) is 11.8 Å². The molecule has 0 spiro atoms. The maximum absolute atomic E-state index is 13.5. The van der Waals surface area contributed by atoms with Crippen LogP contribution >= 0.6 is 11.3 Å². The first-order chi connectivity index (χ1) is 20.0. The van der Waals surface area contributed by atoms with Crippen LogP contribution in [-0.4, -0.2) is 51.7 Å². The van der Waals surface area contributed by atoms with Gasteiger partial charge in [0.2, 0.25) is 0 Å². The van der Waals surface area contributed by atoms with Crippen LogP contribution in [0.5, 0.6) is 0 Å². The molecule has 0 fully saturated rings. The number of aromatic nitrogens is 3. The van der Waals surface area contributed by atoms with Crippen LogP contribution in [0.4, 0.5) is 0 Å². The third kappa shape index (κ3) is 4.27. The molecule has 3 aromatic carbocycles. The normalized spacial score (nSPS) is 13.9. The molecule has 0 unspecified atom stereocenters. The van der Waals surface area contributed by atoms with Gasteiger partial charge in [-0.1, -0.05) is 54.6 Å². The number of aryl methyl sites for hydroxylation is 1. The molecule has 7 nitrogen and oxygen atoms in total. The second kappa shape index (κ2) is 10.1. The van der Waals surface area contributed by atoms with Crippen LogP contribution in [0.15, 0.2) is 84.4 Å². The number of hydrogen-bond donors (Lipinski definition) is 1. The molecule has 0 aliphatic carbocycles. The van der Waals surface area contributed by atoms with Crippen molar-refractivity contribution in [2.75, 3.05) is 20.6 Å². The lowest BCUT2D eigenvalue weighted by Gasteiger charge is -2.09. The molecule has 1 aliphatic rings. The van der Waals surface area contributed by atoms with Crippen molar-refractivity contribution in [1.82, 2.24) is 24.6 Å². The van der Waals surface area contributed by atoms with Gasteiger partial charge >= 0.3 is 0 Å². The lowest BCUT2D eigenvalue weighted by Crippen LogP contribution is -2.22. The third-order valence-corrected chi connectivity index (χ3v) is 8.70. The number of amides is 2. The van der Waals surface area contributed by atoms with Crippen molar-refractivity contribution < 1.29 is 9.59 Å². The summed E-state index contributed by atoms with van der Waals surface area (Å²) in [6.07, 6.45) is 4.00. The van der Waals surface area contributed by atoms with Gasteiger partial charge in [-0.3, -0.25) is 19.6 Å². The van der Waals surface area contributed by atoms with Crippen molar-refractivity contribution in [3.8, 4) is 5.69 Å². The molecule has 0 saturated heterocycles. The number of hydrogen-bond acceptors (Lipinski definition) is 5. The summed E-state index contributed by atoms with van der Waals surface area (Å²) in [6.45, 7) is 1.73. The van der Waals surface area contributed by atoms with Crippen LogP contribution in [0.1, 0.15) is 24.1 Å². The smallest absolute Gasteiger partial charge is 0.261 e. The summed E-state index contributed by atoms with van der Waals surface area (Å²) in [5.41, 5.74) is 4.94. The molecule has 3 aromatic heterocycles. The summed E-state index contributed by atoms with van der Waals surface area (Å²) in [5.74, 6) is -0.807. The van der Waals surface area contributed by atoms with Crippen molar-refractivity contribution in [2.24, 2.45) is 0 Å². The fraction of sp³-hybridized carbons (Fsp3) is 0.182. The molecule has 8 heteroatoms. The predicted octanol–water partition coefficient (Wildman–Crippen LogP) is 6.10. The van der Waals surface area contributed by atoms with E-state index in [0.29, 0.717) is 16.8 Å². The van der Waals surface area contributed by atoms with E-state index in [2.05, 4.69) is 52.5 Å². The van der Waals surface area contributed by atoms with Gasteiger partial charge in [0.15, 0.2) is 0 Å². The summed E-state index contributed by atoms with van der Waals surface area (Å²) in [6, 6.07) is 24.3. The number of nitrogens with one attached hydrogen (secondary N) is 1. The van der Waals surface area contributed by atoms with Gasteiger partial charge in [-0.15, -0.1) is 11.3 Å². The molecule has 0 atom stereocenters. The van der Waals surface area contributed by atoms with Gasteiger partial charge < -0.3 is 9.47 Å².